The van der Waals surface area contributed by atoms with E-state index in [9.17, 15) is 9.59 Å². The van der Waals surface area contributed by atoms with Crippen LogP contribution in [0.2, 0.25) is 0 Å². The van der Waals surface area contributed by atoms with E-state index in [0.717, 1.165) is 5.56 Å². The molecule has 0 aliphatic rings. The van der Waals surface area contributed by atoms with Gasteiger partial charge in [0.2, 0.25) is 0 Å². The molecular weight excluding hydrogens is 372 g/mol. The van der Waals surface area contributed by atoms with Crippen LogP contribution in [0.25, 0.3) is 6.08 Å². The van der Waals surface area contributed by atoms with Gasteiger partial charge in [0.05, 0.1) is 18.7 Å². The summed E-state index contributed by atoms with van der Waals surface area (Å²) < 4.78 is 15.8. The molecule has 0 spiro atoms. The maximum absolute atomic E-state index is 12.2. The quantitative estimate of drug-likeness (QED) is 0.688. The first-order valence-corrected chi connectivity index (χ1v) is 8.91. The third-order valence-corrected chi connectivity index (χ3v) is 3.83. The molecule has 0 unspecified atom stereocenters. The summed E-state index contributed by atoms with van der Waals surface area (Å²) in [5, 5.41) is 11.5. The lowest BCUT2D eigenvalue weighted by Gasteiger charge is -2.15. The largest absolute Gasteiger partial charge is 0.493 e. The van der Waals surface area contributed by atoms with Crippen LogP contribution in [0.4, 0.5) is 5.69 Å². The summed E-state index contributed by atoms with van der Waals surface area (Å²) in [7, 11) is 1.51. The lowest BCUT2D eigenvalue weighted by molar-refractivity contribution is -0.155. The number of hydrogen-bond donors (Lipinski definition) is 1. The SMILES string of the molecule is C/C=C/c1ccc(OCC(=O)O[C@H](C)C(=O)Nc2cccc(C#N)c2)c(OC)c1. The second kappa shape index (κ2) is 10.5. The van der Waals surface area contributed by atoms with E-state index >= 15 is 0 Å². The van der Waals surface area contributed by atoms with Gasteiger partial charge in [-0.2, -0.15) is 5.26 Å². The van der Waals surface area contributed by atoms with Gasteiger partial charge in [0, 0.05) is 5.69 Å². The number of nitrogens with zero attached hydrogens (tertiary/aromatic N) is 1. The average Bonchev–Trinajstić information content (AvgIpc) is 2.72. The molecule has 1 amide bonds. The van der Waals surface area contributed by atoms with Gasteiger partial charge >= 0.3 is 5.97 Å². The number of allylic oxidation sites excluding steroid dienone is 1. The van der Waals surface area contributed by atoms with Crippen LogP contribution in [-0.4, -0.2) is 31.7 Å². The zero-order valence-electron chi connectivity index (χ0n) is 16.5. The number of nitrogens with one attached hydrogen (secondary N) is 1. The second-order valence-corrected chi connectivity index (χ2v) is 6.01. The van der Waals surface area contributed by atoms with Crippen LogP contribution >= 0.6 is 0 Å². The number of ether oxygens (including phenoxy) is 3. The zero-order chi connectivity index (χ0) is 21.2. The first kappa shape index (κ1) is 21.5. The molecule has 2 rings (SSSR count). The molecule has 2 aromatic carbocycles. The number of methoxy groups -OCH3 is 1. The Morgan fingerprint density at radius 2 is 2.00 bits per heavy atom. The highest BCUT2D eigenvalue weighted by Crippen LogP contribution is 2.28. The number of esters is 1. The highest BCUT2D eigenvalue weighted by atomic mass is 16.6. The van der Waals surface area contributed by atoms with Gasteiger partial charge in [-0.3, -0.25) is 4.79 Å². The van der Waals surface area contributed by atoms with Crippen molar-refractivity contribution in [1.82, 2.24) is 0 Å². The normalized spacial score (nSPS) is 11.4. The molecule has 0 aliphatic carbocycles. The molecule has 0 saturated carbocycles. The Bertz CT molecular complexity index is 946. The molecule has 1 atom stereocenters. The molecule has 0 aromatic heterocycles. The van der Waals surface area contributed by atoms with E-state index in [1.54, 1.807) is 30.3 Å². The number of carbonyl (C=O) groups is 2. The first-order valence-electron chi connectivity index (χ1n) is 8.91. The second-order valence-electron chi connectivity index (χ2n) is 6.01. The molecule has 29 heavy (non-hydrogen) atoms. The Labute approximate surface area is 169 Å². The number of benzene rings is 2. The molecule has 0 fully saturated rings. The van der Waals surface area contributed by atoms with Crippen molar-refractivity contribution in [2.75, 3.05) is 19.0 Å². The minimum Gasteiger partial charge on any atom is -0.493 e. The van der Waals surface area contributed by atoms with Crippen LogP contribution in [-0.2, 0) is 14.3 Å². The van der Waals surface area contributed by atoms with Crippen LogP contribution in [0, 0.1) is 11.3 Å². The van der Waals surface area contributed by atoms with E-state index in [1.165, 1.54) is 20.1 Å². The van der Waals surface area contributed by atoms with Gasteiger partial charge in [-0.25, -0.2) is 4.79 Å². The van der Waals surface area contributed by atoms with E-state index in [2.05, 4.69) is 5.32 Å². The monoisotopic (exact) mass is 394 g/mol. The Balaban J connectivity index is 1.90. The summed E-state index contributed by atoms with van der Waals surface area (Å²) in [4.78, 5) is 24.2. The van der Waals surface area contributed by atoms with Gasteiger partial charge in [-0.15, -0.1) is 0 Å². The number of amides is 1. The van der Waals surface area contributed by atoms with E-state index < -0.39 is 18.0 Å². The van der Waals surface area contributed by atoms with Crippen LogP contribution in [0.3, 0.4) is 0 Å². The van der Waals surface area contributed by atoms with Gasteiger partial charge in [0.25, 0.3) is 5.91 Å². The minimum absolute atomic E-state index is 0.374. The fourth-order valence-corrected chi connectivity index (χ4v) is 2.43. The van der Waals surface area contributed by atoms with Crippen molar-refractivity contribution in [1.29, 1.82) is 5.26 Å². The minimum atomic E-state index is -1.03. The fourth-order valence-electron chi connectivity index (χ4n) is 2.43. The number of anilines is 1. The van der Waals surface area contributed by atoms with Crippen molar-refractivity contribution in [2.24, 2.45) is 0 Å². The van der Waals surface area contributed by atoms with Gasteiger partial charge in [-0.05, 0) is 49.7 Å². The van der Waals surface area contributed by atoms with E-state index in [1.807, 2.05) is 31.2 Å². The van der Waals surface area contributed by atoms with E-state index in [4.69, 9.17) is 19.5 Å². The Hall–Kier alpha value is -3.79. The highest BCUT2D eigenvalue weighted by molar-refractivity contribution is 5.95. The lowest BCUT2D eigenvalue weighted by Crippen LogP contribution is -2.31. The van der Waals surface area contributed by atoms with Crippen molar-refractivity contribution < 1.29 is 23.8 Å². The van der Waals surface area contributed by atoms with Gasteiger partial charge in [0.15, 0.2) is 24.2 Å². The van der Waals surface area contributed by atoms with Gasteiger partial charge in [-0.1, -0.05) is 24.3 Å². The fraction of sp³-hybridized carbons (Fsp3) is 0.227. The van der Waals surface area contributed by atoms with Crippen molar-refractivity contribution >= 4 is 23.6 Å². The van der Waals surface area contributed by atoms with Crippen molar-refractivity contribution in [3.05, 3.63) is 59.7 Å². The van der Waals surface area contributed by atoms with Crippen molar-refractivity contribution in [3.8, 4) is 17.6 Å². The van der Waals surface area contributed by atoms with Crippen LogP contribution in [0.5, 0.6) is 11.5 Å². The first-order chi connectivity index (χ1) is 14.0. The molecule has 0 aliphatic heterocycles. The van der Waals surface area contributed by atoms with Crippen LogP contribution < -0.4 is 14.8 Å². The molecule has 2 aromatic rings. The van der Waals surface area contributed by atoms with Crippen molar-refractivity contribution in [2.45, 2.75) is 20.0 Å². The molecule has 0 heterocycles. The summed E-state index contributed by atoms with van der Waals surface area (Å²) in [5.41, 5.74) is 1.79. The Morgan fingerprint density at radius 1 is 1.21 bits per heavy atom. The predicted molar refractivity (Wildman–Crippen MR) is 109 cm³/mol. The standard InChI is InChI=1S/C22H22N2O5/c1-4-6-16-9-10-19(20(12-16)27-3)28-14-21(25)29-15(2)22(26)24-18-8-5-7-17(11-18)13-23/h4-12,15H,14H2,1-3H3,(H,24,26)/b6-4+/t15-/m1/s1. The number of nitriles is 1. The summed E-state index contributed by atoms with van der Waals surface area (Å²) in [6, 6.07) is 13.7. The predicted octanol–water partition coefficient (Wildman–Crippen LogP) is 3.55. The summed E-state index contributed by atoms with van der Waals surface area (Å²) >= 11 is 0. The zero-order valence-corrected chi connectivity index (χ0v) is 16.5. The van der Waals surface area contributed by atoms with Gasteiger partial charge < -0.3 is 19.5 Å². The molecule has 0 saturated heterocycles. The number of carbonyl (C=O) groups excluding carboxylic acids is 2. The molecule has 0 bridgehead atoms. The number of rotatable bonds is 8. The molecular formula is C22H22N2O5. The molecule has 7 nitrogen and oxygen atoms in total. The maximum Gasteiger partial charge on any atom is 0.344 e. The highest BCUT2D eigenvalue weighted by Gasteiger charge is 2.19. The third kappa shape index (κ3) is 6.40. The third-order valence-electron chi connectivity index (χ3n) is 3.83. The molecule has 7 heteroatoms. The van der Waals surface area contributed by atoms with Crippen LogP contribution in [0.1, 0.15) is 25.0 Å². The van der Waals surface area contributed by atoms with Crippen LogP contribution in [0.15, 0.2) is 48.5 Å². The molecule has 0 radical (unpaired) electrons. The van der Waals surface area contributed by atoms with Gasteiger partial charge in [0.1, 0.15) is 0 Å². The smallest absolute Gasteiger partial charge is 0.344 e. The summed E-state index contributed by atoms with van der Waals surface area (Å²) in [6.07, 6.45) is 2.78. The Morgan fingerprint density at radius 3 is 2.69 bits per heavy atom. The molecule has 1 N–H and O–H groups in total. The van der Waals surface area contributed by atoms with E-state index in [-0.39, 0.29) is 6.61 Å². The summed E-state index contributed by atoms with van der Waals surface area (Å²) in [6.45, 7) is 2.99. The molecule has 150 valence electrons. The number of hydrogen-bond acceptors (Lipinski definition) is 6. The summed E-state index contributed by atoms with van der Waals surface area (Å²) in [5.74, 6) is -0.334. The Kier molecular flexibility index (Phi) is 7.80. The lowest BCUT2D eigenvalue weighted by atomic mass is 10.2. The van der Waals surface area contributed by atoms with Crippen molar-refractivity contribution in [3.63, 3.8) is 0 Å². The topological polar surface area (TPSA) is 97.6 Å². The van der Waals surface area contributed by atoms with E-state index in [0.29, 0.717) is 22.7 Å². The average molecular weight is 394 g/mol. The maximum atomic E-state index is 12.2.